The Kier molecular flexibility index (Phi) is 4.60. The third-order valence-corrected chi connectivity index (χ3v) is 5.39. The van der Waals surface area contributed by atoms with Gasteiger partial charge in [0.1, 0.15) is 0 Å². The van der Waals surface area contributed by atoms with E-state index < -0.39 is 0 Å². The highest BCUT2D eigenvalue weighted by Crippen LogP contribution is 2.39. The number of halogens is 1. The molecule has 1 aromatic rings. The molecule has 0 radical (unpaired) electrons. The van der Waals surface area contributed by atoms with Gasteiger partial charge in [0.05, 0.1) is 12.2 Å². The molecule has 0 bridgehead atoms. The quantitative estimate of drug-likeness (QED) is 0.918. The molecule has 1 aromatic carbocycles. The van der Waals surface area contributed by atoms with Crippen LogP contribution in [0.25, 0.3) is 0 Å². The Bertz CT molecular complexity index is 491. The zero-order valence-corrected chi connectivity index (χ0v) is 13.2. The van der Waals surface area contributed by atoms with Crippen LogP contribution in [0.15, 0.2) is 18.2 Å². The first kappa shape index (κ1) is 15.0. The van der Waals surface area contributed by atoms with Gasteiger partial charge in [-0.2, -0.15) is 11.8 Å². The van der Waals surface area contributed by atoms with E-state index in [1.807, 2.05) is 24.8 Å². The van der Waals surface area contributed by atoms with Crippen LogP contribution in [0.4, 0.5) is 10.1 Å². The molecule has 2 aliphatic rings. The van der Waals surface area contributed by atoms with E-state index in [0.717, 1.165) is 37.3 Å². The monoisotopic (exact) mass is 311 g/mol. The highest BCUT2D eigenvalue weighted by atomic mass is 32.2. The zero-order chi connectivity index (χ0) is 14.7. The number of anilines is 1. The van der Waals surface area contributed by atoms with E-state index in [1.165, 1.54) is 11.8 Å². The van der Waals surface area contributed by atoms with Crippen molar-refractivity contribution in [2.24, 2.45) is 0 Å². The minimum Gasteiger partial charge on any atom is -0.491 e. The number of hydrogen-bond donors (Lipinski definition) is 1. The van der Waals surface area contributed by atoms with Gasteiger partial charge < -0.3 is 14.8 Å². The van der Waals surface area contributed by atoms with Gasteiger partial charge >= 0.3 is 0 Å². The summed E-state index contributed by atoms with van der Waals surface area (Å²) < 4.78 is 25.1. The molecular weight excluding hydrogens is 289 g/mol. The second-order valence-corrected chi connectivity index (χ2v) is 6.85. The Balaban J connectivity index is 1.64. The molecule has 2 fully saturated rings. The standard InChI is InChI=1S/C16H22FNO2S/c1-2-19-15-4-3-12(9-14(15)17)18-13-5-7-20-16(10-13)6-8-21-11-16/h3-4,9,13,18H,2,5-8,10-11H2,1H3. The molecule has 3 nitrogen and oxygen atoms in total. The fourth-order valence-corrected chi connectivity index (χ4v) is 4.49. The van der Waals surface area contributed by atoms with Crippen LogP contribution in [0.1, 0.15) is 26.2 Å². The maximum Gasteiger partial charge on any atom is 0.167 e. The lowest BCUT2D eigenvalue weighted by molar-refractivity contribution is -0.0628. The average molecular weight is 311 g/mol. The second-order valence-electron chi connectivity index (χ2n) is 5.75. The van der Waals surface area contributed by atoms with E-state index in [9.17, 15) is 4.39 Å². The molecule has 21 heavy (non-hydrogen) atoms. The van der Waals surface area contributed by atoms with Gasteiger partial charge in [-0.25, -0.2) is 4.39 Å². The minimum atomic E-state index is -0.306. The molecule has 2 saturated heterocycles. The van der Waals surface area contributed by atoms with E-state index in [0.29, 0.717) is 18.4 Å². The Morgan fingerprint density at radius 3 is 3.14 bits per heavy atom. The predicted octanol–water partition coefficient (Wildman–Crippen LogP) is 3.69. The van der Waals surface area contributed by atoms with Crippen LogP contribution < -0.4 is 10.1 Å². The van der Waals surface area contributed by atoms with Crippen molar-refractivity contribution >= 4 is 17.4 Å². The topological polar surface area (TPSA) is 30.5 Å². The summed E-state index contributed by atoms with van der Waals surface area (Å²) in [4.78, 5) is 0. The van der Waals surface area contributed by atoms with Gasteiger partial charge in [-0.15, -0.1) is 0 Å². The van der Waals surface area contributed by atoms with Crippen molar-refractivity contribution in [2.45, 2.75) is 37.8 Å². The summed E-state index contributed by atoms with van der Waals surface area (Å²) in [6, 6.07) is 5.47. The van der Waals surface area contributed by atoms with Gasteiger partial charge in [0, 0.05) is 30.2 Å². The summed E-state index contributed by atoms with van der Waals surface area (Å²) in [6.07, 6.45) is 3.11. The fraction of sp³-hybridized carbons (Fsp3) is 0.625. The normalized spacial score (nSPS) is 28.8. The zero-order valence-electron chi connectivity index (χ0n) is 12.4. The number of hydrogen-bond acceptors (Lipinski definition) is 4. The van der Waals surface area contributed by atoms with E-state index in [2.05, 4.69) is 5.32 Å². The molecular formula is C16H22FNO2S. The Hall–Kier alpha value is -0.940. The summed E-state index contributed by atoms with van der Waals surface area (Å²) in [7, 11) is 0. The van der Waals surface area contributed by atoms with Crippen molar-refractivity contribution in [3.8, 4) is 5.75 Å². The fourth-order valence-electron chi connectivity index (χ4n) is 3.11. The smallest absolute Gasteiger partial charge is 0.167 e. The van der Waals surface area contributed by atoms with Crippen molar-refractivity contribution in [1.82, 2.24) is 0 Å². The maximum atomic E-state index is 13.9. The van der Waals surface area contributed by atoms with Crippen LogP contribution >= 0.6 is 11.8 Å². The van der Waals surface area contributed by atoms with Crippen molar-refractivity contribution in [3.05, 3.63) is 24.0 Å². The molecule has 5 heteroatoms. The molecule has 3 rings (SSSR count). The lowest BCUT2D eigenvalue weighted by Gasteiger charge is -2.38. The summed E-state index contributed by atoms with van der Waals surface area (Å²) in [5.74, 6) is 2.28. The van der Waals surface area contributed by atoms with Crippen LogP contribution in [0.2, 0.25) is 0 Å². The molecule has 2 atom stereocenters. The summed E-state index contributed by atoms with van der Waals surface area (Å²) >= 11 is 1.97. The van der Waals surface area contributed by atoms with Crippen LogP contribution in [-0.2, 0) is 4.74 Å². The first-order valence-electron chi connectivity index (χ1n) is 7.61. The van der Waals surface area contributed by atoms with E-state index in [-0.39, 0.29) is 11.4 Å². The molecule has 1 N–H and O–H groups in total. The van der Waals surface area contributed by atoms with Crippen LogP contribution in [0.5, 0.6) is 5.75 Å². The second kappa shape index (κ2) is 6.44. The summed E-state index contributed by atoms with van der Waals surface area (Å²) in [5.41, 5.74) is 0.869. The molecule has 116 valence electrons. The molecule has 1 spiro atoms. The van der Waals surface area contributed by atoms with Crippen molar-refractivity contribution < 1.29 is 13.9 Å². The van der Waals surface area contributed by atoms with Gasteiger partial charge in [0.25, 0.3) is 0 Å². The van der Waals surface area contributed by atoms with E-state index in [1.54, 1.807) is 6.07 Å². The largest absolute Gasteiger partial charge is 0.491 e. The molecule has 0 amide bonds. The minimum absolute atomic E-state index is 0.0460. The van der Waals surface area contributed by atoms with Crippen LogP contribution in [0.3, 0.4) is 0 Å². The summed E-state index contributed by atoms with van der Waals surface area (Å²) in [6.45, 7) is 3.12. The molecule has 2 aliphatic heterocycles. The number of ether oxygens (including phenoxy) is 2. The average Bonchev–Trinajstić information content (AvgIpc) is 2.90. The van der Waals surface area contributed by atoms with Gasteiger partial charge in [-0.05, 0) is 44.1 Å². The third-order valence-electron chi connectivity index (χ3n) is 4.16. The van der Waals surface area contributed by atoms with Crippen LogP contribution in [-0.4, -0.2) is 36.4 Å². The molecule has 0 saturated carbocycles. The predicted molar refractivity (Wildman–Crippen MR) is 84.8 cm³/mol. The SMILES string of the molecule is CCOc1ccc(NC2CCOC3(CCSC3)C2)cc1F. The summed E-state index contributed by atoms with van der Waals surface area (Å²) in [5, 5.41) is 3.46. The van der Waals surface area contributed by atoms with E-state index >= 15 is 0 Å². The molecule has 0 aliphatic carbocycles. The first-order chi connectivity index (χ1) is 10.2. The Morgan fingerprint density at radius 1 is 1.52 bits per heavy atom. The lowest BCUT2D eigenvalue weighted by Crippen LogP contribution is -2.44. The highest BCUT2D eigenvalue weighted by molar-refractivity contribution is 7.99. The van der Waals surface area contributed by atoms with E-state index in [4.69, 9.17) is 9.47 Å². The number of benzene rings is 1. The number of nitrogens with one attached hydrogen (secondary N) is 1. The van der Waals surface area contributed by atoms with Crippen molar-refractivity contribution in [1.29, 1.82) is 0 Å². The Labute approximate surface area is 129 Å². The molecule has 0 aromatic heterocycles. The molecule has 2 heterocycles. The highest BCUT2D eigenvalue weighted by Gasteiger charge is 2.40. The lowest BCUT2D eigenvalue weighted by atomic mass is 9.90. The van der Waals surface area contributed by atoms with Gasteiger partial charge in [-0.3, -0.25) is 0 Å². The van der Waals surface area contributed by atoms with Crippen molar-refractivity contribution in [3.63, 3.8) is 0 Å². The van der Waals surface area contributed by atoms with Gasteiger partial charge in [0.2, 0.25) is 0 Å². The maximum absolute atomic E-state index is 13.9. The third kappa shape index (κ3) is 3.46. The van der Waals surface area contributed by atoms with Crippen LogP contribution in [0, 0.1) is 5.82 Å². The number of thioether (sulfide) groups is 1. The number of rotatable bonds is 4. The van der Waals surface area contributed by atoms with Crippen molar-refractivity contribution in [2.75, 3.05) is 30.0 Å². The first-order valence-corrected chi connectivity index (χ1v) is 8.77. The van der Waals surface area contributed by atoms with Gasteiger partial charge in [0.15, 0.2) is 11.6 Å². The van der Waals surface area contributed by atoms with Gasteiger partial charge in [-0.1, -0.05) is 0 Å². The molecule has 2 unspecified atom stereocenters. The Morgan fingerprint density at radius 2 is 2.43 bits per heavy atom.